The van der Waals surface area contributed by atoms with Gasteiger partial charge in [0.2, 0.25) is 0 Å². The number of ether oxygens (including phenoxy) is 1. The number of carbonyl (C=O) groups is 1. The second kappa shape index (κ2) is 7.00. The molecule has 6 heteroatoms. The Balaban J connectivity index is 1.31. The van der Waals surface area contributed by atoms with E-state index in [1.807, 2.05) is 30.3 Å². The lowest BCUT2D eigenvalue weighted by Crippen LogP contribution is -2.23. The summed E-state index contributed by atoms with van der Waals surface area (Å²) in [5.74, 6) is 1.26. The second-order valence-corrected chi connectivity index (χ2v) is 6.37. The zero-order valence-electron chi connectivity index (χ0n) is 14.0. The van der Waals surface area contributed by atoms with Crippen LogP contribution in [0.3, 0.4) is 0 Å². The summed E-state index contributed by atoms with van der Waals surface area (Å²) in [4.78, 5) is 12.2. The largest absolute Gasteiger partial charge is 0.457 e. The molecular formula is C20H18FN3O2. The Morgan fingerprint density at radius 3 is 2.42 bits per heavy atom. The number of nitrogens with zero attached hydrogens (tertiary/aromatic N) is 1. The van der Waals surface area contributed by atoms with Gasteiger partial charge in [-0.3, -0.25) is 9.89 Å². The molecule has 1 aliphatic rings. The number of aromatic nitrogens is 2. The summed E-state index contributed by atoms with van der Waals surface area (Å²) in [5.41, 5.74) is 2.41. The lowest BCUT2D eigenvalue weighted by atomic mass is 10.2. The molecular weight excluding hydrogens is 333 g/mol. The molecule has 5 nitrogen and oxygen atoms in total. The minimum atomic E-state index is -0.301. The predicted octanol–water partition coefficient (Wildman–Crippen LogP) is 4.15. The van der Waals surface area contributed by atoms with Crippen LogP contribution in [0.4, 0.5) is 4.39 Å². The summed E-state index contributed by atoms with van der Waals surface area (Å²) in [5, 5.41) is 9.86. The molecule has 1 heterocycles. The van der Waals surface area contributed by atoms with Crippen molar-refractivity contribution in [1.82, 2.24) is 15.5 Å². The van der Waals surface area contributed by atoms with Crippen LogP contribution in [0, 0.1) is 5.82 Å². The summed E-state index contributed by atoms with van der Waals surface area (Å²) >= 11 is 0. The molecule has 132 valence electrons. The lowest BCUT2D eigenvalue weighted by Gasteiger charge is -2.07. The van der Waals surface area contributed by atoms with E-state index in [1.165, 1.54) is 12.1 Å². The van der Waals surface area contributed by atoms with Gasteiger partial charge in [-0.2, -0.15) is 5.10 Å². The van der Waals surface area contributed by atoms with Gasteiger partial charge in [-0.15, -0.1) is 0 Å². The van der Waals surface area contributed by atoms with Gasteiger partial charge in [0.05, 0.1) is 0 Å². The molecule has 0 radical (unpaired) electrons. The maximum Gasteiger partial charge on any atom is 0.272 e. The first-order valence-corrected chi connectivity index (χ1v) is 8.53. The van der Waals surface area contributed by atoms with Crippen LogP contribution in [0.2, 0.25) is 0 Å². The fourth-order valence-corrected chi connectivity index (χ4v) is 2.64. The van der Waals surface area contributed by atoms with Gasteiger partial charge in [-0.05, 0) is 60.9 Å². The van der Waals surface area contributed by atoms with E-state index in [0.717, 1.165) is 24.1 Å². The van der Waals surface area contributed by atoms with Crippen molar-refractivity contribution in [2.75, 3.05) is 0 Å². The van der Waals surface area contributed by atoms with Gasteiger partial charge < -0.3 is 10.1 Å². The molecule has 0 unspecified atom stereocenters. The maximum atomic E-state index is 12.9. The van der Waals surface area contributed by atoms with E-state index >= 15 is 0 Å². The Morgan fingerprint density at radius 1 is 1.12 bits per heavy atom. The van der Waals surface area contributed by atoms with Crippen LogP contribution in [0.15, 0.2) is 54.6 Å². The van der Waals surface area contributed by atoms with E-state index in [9.17, 15) is 9.18 Å². The molecule has 0 spiro atoms. The number of H-pyrrole nitrogens is 1. The molecule has 0 atom stereocenters. The Labute approximate surface area is 150 Å². The number of hydrogen-bond acceptors (Lipinski definition) is 3. The van der Waals surface area contributed by atoms with Crippen LogP contribution >= 0.6 is 0 Å². The van der Waals surface area contributed by atoms with Crippen molar-refractivity contribution in [3.63, 3.8) is 0 Å². The Morgan fingerprint density at radius 2 is 1.77 bits per heavy atom. The molecule has 1 fully saturated rings. The molecule has 0 saturated heterocycles. The first-order chi connectivity index (χ1) is 12.7. The quantitative estimate of drug-likeness (QED) is 0.701. The molecule has 0 aliphatic heterocycles. The van der Waals surface area contributed by atoms with Gasteiger partial charge >= 0.3 is 0 Å². The van der Waals surface area contributed by atoms with E-state index in [-0.39, 0.29) is 11.7 Å². The van der Waals surface area contributed by atoms with Gasteiger partial charge in [-0.1, -0.05) is 12.1 Å². The molecule has 1 saturated carbocycles. The minimum Gasteiger partial charge on any atom is -0.457 e. The van der Waals surface area contributed by atoms with Crippen molar-refractivity contribution < 1.29 is 13.9 Å². The van der Waals surface area contributed by atoms with Crippen LogP contribution in [0.5, 0.6) is 11.5 Å². The Bertz CT molecular complexity index is 900. The zero-order valence-corrected chi connectivity index (χ0v) is 14.0. The fourth-order valence-electron chi connectivity index (χ4n) is 2.64. The third-order valence-corrected chi connectivity index (χ3v) is 4.27. The first kappa shape index (κ1) is 16.3. The van der Waals surface area contributed by atoms with Crippen molar-refractivity contribution in [3.05, 3.63) is 77.4 Å². The Kier molecular flexibility index (Phi) is 4.39. The molecule has 1 aliphatic carbocycles. The molecule has 2 aromatic carbocycles. The number of amides is 1. The minimum absolute atomic E-state index is 0.195. The third kappa shape index (κ3) is 3.91. The highest BCUT2D eigenvalue weighted by atomic mass is 19.1. The molecule has 0 bridgehead atoms. The normalized spacial score (nSPS) is 13.4. The van der Waals surface area contributed by atoms with Crippen LogP contribution in [0.1, 0.15) is 40.5 Å². The smallest absolute Gasteiger partial charge is 0.272 e. The third-order valence-electron chi connectivity index (χ3n) is 4.27. The fraction of sp³-hybridized carbons (Fsp3) is 0.200. The standard InChI is InChI=1S/C20H18FN3O2/c21-15-5-9-17(10-6-15)26-16-7-1-13(2-8-16)12-22-20(25)19-11-18(23-24-19)14-3-4-14/h1-2,5-11,14H,3-4,12H2,(H,22,25)(H,23,24). The van der Waals surface area contributed by atoms with E-state index in [4.69, 9.17) is 4.74 Å². The number of rotatable bonds is 6. The van der Waals surface area contributed by atoms with Crippen LogP contribution < -0.4 is 10.1 Å². The molecule has 26 heavy (non-hydrogen) atoms. The van der Waals surface area contributed by atoms with E-state index in [2.05, 4.69) is 15.5 Å². The van der Waals surface area contributed by atoms with E-state index in [1.54, 1.807) is 12.1 Å². The number of benzene rings is 2. The first-order valence-electron chi connectivity index (χ1n) is 8.53. The van der Waals surface area contributed by atoms with E-state index in [0.29, 0.717) is 29.7 Å². The van der Waals surface area contributed by atoms with Crippen molar-refractivity contribution in [2.24, 2.45) is 0 Å². The lowest BCUT2D eigenvalue weighted by molar-refractivity contribution is 0.0946. The highest BCUT2D eigenvalue weighted by Gasteiger charge is 2.26. The van der Waals surface area contributed by atoms with Crippen LogP contribution in [-0.4, -0.2) is 16.1 Å². The summed E-state index contributed by atoms with van der Waals surface area (Å²) in [6, 6.07) is 15.0. The average Bonchev–Trinajstić information content (AvgIpc) is 3.39. The van der Waals surface area contributed by atoms with Crippen molar-refractivity contribution in [2.45, 2.75) is 25.3 Å². The molecule has 1 amide bonds. The number of nitrogens with one attached hydrogen (secondary N) is 2. The molecule has 2 N–H and O–H groups in total. The summed E-state index contributed by atoms with van der Waals surface area (Å²) in [6.45, 7) is 0.404. The molecule has 3 aromatic rings. The second-order valence-electron chi connectivity index (χ2n) is 6.37. The molecule has 1 aromatic heterocycles. The highest BCUT2D eigenvalue weighted by molar-refractivity contribution is 5.92. The summed E-state index contributed by atoms with van der Waals surface area (Å²) in [7, 11) is 0. The number of aromatic amines is 1. The molecule has 4 rings (SSSR count). The number of hydrogen-bond donors (Lipinski definition) is 2. The SMILES string of the molecule is O=C(NCc1ccc(Oc2ccc(F)cc2)cc1)c1cc(C2CC2)[nH]n1. The maximum absolute atomic E-state index is 12.9. The topological polar surface area (TPSA) is 67.0 Å². The predicted molar refractivity (Wildman–Crippen MR) is 94.6 cm³/mol. The van der Waals surface area contributed by atoms with Crippen molar-refractivity contribution >= 4 is 5.91 Å². The average molecular weight is 351 g/mol. The monoisotopic (exact) mass is 351 g/mol. The van der Waals surface area contributed by atoms with E-state index < -0.39 is 0 Å². The highest BCUT2D eigenvalue weighted by Crippen LogP contribution is 2.38. The Hall–Kier alpha value is -3.15. The van der Waals surface area contributed by atoms with Crippen molar-refractivity contribution in [1.29, 1.82) is 0 Å². The van der Waals surface area contributed by atoms with Gasteiger partial charge in [0.25, 0.3) is 5.91 Å². The van der Waals surface area contributed by atoms with Gasteiger partial charge in [-0.25, -0.2) is 4.39 Å². The zero-order chi connectivity index (χ0) is 17.9. The van der Waals surface area contributed by atoms with Crippen molar-refractivity contribution in [3.8, 4) is 11.5 Å². The number of carbonyl (C=O) groups excluding carboxylic acids is 1. The van der Waals surface area contributed by atoms with Gasteiger partial charge in [0.15, 0.2) is 0 Å². The number of halogens is 1. The van der Waals surface area contributed by atoms with Gasteiger partial charge in [0, 0.05) is 18.2 Å². The van der Waals surface area contributed by atoms with Gasteiger partial charge in [0.1, 0.15) is 23.0 Å². The summed E-state index contributed by atoms with van der Waals surface area (Å²) < 4.78 is 18.5. The van der Waals surface area contributed by atoms with Crippen LogP contribution in [0.25, 0.3) is 0 Å². The van der Waals surface area contributed by atoms with Crippen LogP contribution in [-0.2, 0) is 6.54 Å². The summed E-state index contributed by atoms with van der Waals surface area (Å²) in [6.07, 6.45) is 2.32.